The molecule has 0 amide bonds. The largest absolute Gasteiger partial charge is 0.488 e. The van der Waals surface area contributed by atoms with Gasteiger partial charge in [-0.05, 0) is 62.3 Å². The van der Waals surface area contributed by atoms with Crippen LogP contribution in [0.25, 0.3) is 0 Å². The molecule has 0 saturated heterocycles. The molecule has 1 N–H and O–H groups in total. The lowest BCUT2D eigenvalue weighted by Gasteiger charge is -2.19. The van der Waals surface area contributed by atoms with Gasteiger partial charge in [-0.15, -0.1) is 0 Å². The second-order valence-electron chi connectivity index (χ2n) is 5.86. The molecule has 2 atom stereocenters. The van der Waals surface area contributed by atoms with Crippen molar-refractivity contribution in [2.75, 3.05) is 6.54 Å². The van der Waals surface area contributed by atoms with Gasteiger partial charge in [0.05, 0.1) is 6.04 Å². The summed E-state index contributed by atoms with van der Waals surface area (Å²) >= 11 is 0. The number of ether oxygens (including phenoxy) is 1. The summed E-state index contributed by atoms with van der Waals surface area (Å²) in [6.07, 6.45) is 7.71. The van der Waals surface area contributed by atoms with E-state index in [0.29, 0.717) is 12.1 Å². The van der Waals surface area contributed by atoms with Crippen molar-refractivity contribution in [1.29, 1.82) is 0 Å². The average molecular weight is 259 g/mol. The van der Waals surface area contributed by atoms with Crippen molar-refractivity contribution < 1.29 is 4.74 Å². The van der Waals surface area contributed by atoms with Crippen LogP contribution in [-0.2, 0) is 12.8 Å². The average Bonchev–Trinajstić information content (AvgIpc) is 2.79. The van der Waals surface area contributed by atoms with Crippen molar-refractivity contribution in [3.8, 4) is 5.75 Å². The summed E-state index contributed by atoms with van der Waals surface area (Å²) < 4.78 is 6.17. The molecule has 0 radical (unpaired) electrons. The molecule has 104 valence electrons. The summed E-state index contributed by atoms with van der Waals surface area (Å²) in [5.74, 6) is 1.14. The van der Waals surface area contributed by atoms with Crippen LogP contribution in [0.4, 0.5) is 0 Å². The van der Waals surface area contributed by atoms with Crippen LogP contribution in [0.1, 0.15) is 62.3 Å². The third-order valence-electron chi connectivity index (χ3n) is 4.48. The first-order valence-electron chi connectivity index (χ1n) is 7.89. The van der Waals surface area contributed by atoms with E-state index in [9.17, 15) is 0 Å². The summed E-state index contributed by atoms with van der Waals surface area (Å²) in [4.78, 5) is 0. The van der Waals surface area contributed by atoms with Crippen LogP contribution in [0, 0.1) is 0 Å². The van der Waals surface area contributed by atoms with E-state index in [4.69, 9.17) is 4.74 Å². The molecule has 2 aliphatic rings. The van der Waals surface area contributed by atoms with Crippen molar-refractivity contribution in [3.63, 3.8) is 0 Å². The third-order valence-corrected chi connectivity index (χ3v) is 4.48. The minimum absolute atomic E-state index is 0.311. The molecule has 3 rings (SSSR count). The third kappa shape index (κ3) is 2.38. The van der Waals surface area contributed by atoms with E-state index in [0.717, 1.165) is 18.7 Å². The highest BCUT2D eigenvalue weighted by Gasteiger charge is 2.33. The Morgan fingerprint density at radius 3 is 2.58 bits per heavy atom. The number of hydrogen-bond donors (Lipinski definition) is 1. The zero-order valence-electron chi connectivity index (χ0n) is 12.2. The number of aryl methyl sites for hydroxylation is 2. The second-order valence-corrected chi connectivity index (χ2v) is 5.86. The summed E-state index contributed by atoms with van der Waals surface area (Å²) in [7, 11) is 0. The standard InChI is InChI=1S/C17H25NO/c1-3-9-18-17-14-10-12-7-5-6-8-13(12)11-16(14)19-15(17)4-2/h10-11,15,17-18H,3-9H2,1-2H3. The highest BCUT2D eigenvalue weighted by molar-refractivity contribution is 5.48. The van der Waals surface area contributed by atoms with Crippen LogP contribution in [0.3, 0.4) is 0 Å². The van der Waals surface area contributed by atoms with Gasteiger partial charge in [0.2, 0.25) is 0 Å². The number of rotatable bonds is 4. The van der Waals surface area contributed by atoms with E-state index < -0.39 is 0 Å². The fourth-order valence-corrected chi connectivity index (χ4v) is 3.42. The Balaban J connectivity index is 1.92. The quantitative estimate of drug-likeness (QED) is 0.888. The number of fused-ring (bicyclic) bond motifs is 2. The topological polar surface area (TPSA) is 21.3 Å². The molecule has 1 aliphatic heterocycles. The lowest BCUT2D eigenvalue weighted by molar-refractivity contribution is 0.185. The molecule has 1 aromatic carbocycles. The number of nitrogens with one attached hydrogen (secondary N) is 1. The first-order valence-corrected chi connectivity index (χ1v) is 7.89. The molecule has 1 aromatic rings. The Labute approximate surface area is 116 Å². The summed E-state index contributed by atoms with van der Waals surface area (Å²) in [5.41, 5.74) is 4.49. The highest BCUT2D eigenvalue weighted by atomic mass is 16.5. The molecule has 19 heavy (non-hydrogen) atoms. The fraction of sp³-hybridized carbons (Fsp3) is 0.647. The van der Waals surface area contributed by atoms with Gasteiger partial charge in [-0.25, -0.2) is 0 Å². The summed E-state index contributed by atoms with van der Waals surface area (Å²) in [5, 5.41) is 3.67. The minimum Gasteiger partial charge on any atom is -0.488 e. The molecule has 0 bridgehead atoms. The Morgan fingerprint density at radius 2 is 1.89 bits per heavy atom. The number of hydrogen-bond acceptors (Lipinski definition) is 2. The van der Waals surface area contributed by atoms with E-state index in [1.807, 2.05) is 0 Å². The van der Waals surface area contributed by atoms with Crippen LogP contribution >= 0.6 is 0 Å². The van der Waals surface area contributed by atoms with Gasteiger partial charge >= 0.3 is 0 Å². The lowest BCUT2D eigenvalue weighted by Crippen LogP contribution is -2.31. The smallest absolute Gasteiger partial charge is 0.125 e. The predicted octanol–water partition coefficient (Wildman–Crippen LogP) is 3.78. The molecule has 0 saturated carbocycles. The Kier molecular flexibility index (Phi) is 3.79. The monoisotopic (exact) mass is 259 g/mol. The summed E-state index contributed by atoms with van der Waals surface area (Å²) in [6, 6.07) is 5.14. The van der Waals surface area contributed by atoms with Crippen LogP contribution in [0.5, 0.6) is 5.75 Å². The van der Waals surface area contributed by atoms with Gasteiger partial charge in [-0.3, -0.25) is 0 Å². The SMILES string of the molecule is CCCNC1c2cc3c(cc2OC1CC)CCCC3. The van der Waals surface area contributed by atoms with Gasteiger partial charge in [0.15, 0.2) is 0 Å². The normalized spacial score (nSPS) is 24.7. The molecule has 2 unspecified atom stereocenters. The maximum absolute atomic E-state index is 6.17. The van der Waals surface area contributed by atoms with Crippen LogP contribution in [0.15, 0.2) is 12.1 Å². The van der Waals surface area contributed by atoms with Crippen molar-refractivity contribution in [2.45, 2.75) is 64.5 Å². The maximum Gasteiger partial charge on any atom is 0.125 e. The van der Waals surface area contributed by atoms with E-state index in [1.54, 1.807) is 5.56 Å². The predicted molar refractivity (Wildman–Crippen MR) is 78.8 cm³/mol. The summed E-state index contributed by atoms with van der Waals surface area (Å²) in [6.45, 7) is 5.51. The van der Waals surface area contributed by atoms with Crippen LogP contribution < -0.4 is 10.1 Å². The minimum atomic E-state index is 0.311. The van der Waals surface area contributed by atoms with Gasteiger partial charge in [0.25, 0.3) is 0 Å². The molecule has 1 heterocycles. The van der Waals surface area contributed by atoms with Crippen molar-refractivity contribution in [2.24, 2.45) is 0 Å². The van der Waals surface area contributed by atoms with Crippen LogP contribution in [-0.4, -0.2) is 12.6 Å². The first-order chi connectivity index (χ1) is 9.33. The van der Waals surface area contributed by atoms with Crippen LogP contribution in [0.2, 0.25) is 0 Å². The van der Waals surface area contributed by atoms with E-state index in [1.165, 1.54) is 43.2 Å². The van der Waals surface area contributed by atoms with E-state index in [2.05, 4.69) is 31.3 Å². The lowest BCUT2D eigenvalue weighted by atomic mass is 9.88. The molecule has 0 spiro atoms. The van der Waals surface area contributed by atoms with Crippen molar-refractivity contribution in [3.05, 3.63) is 28.8 Å². The van der Waals surface area contributed by atoms with E-state index in [-0.39, 0.29) is 0 Å². The Hall–Kier alpha value is -1.02. The van der Waals surface area contributed by atoms with Gasteiger partial charge in [-0.2, -0.15) is 0 Å². The zero-order chi connectivity index (χ0) is 13.2. The number of benzene rings is 1. The van der Waals surface area contributed by atoms with Gasteiger partial charge in [0, 0.05) is 5.56 Å². The molecule has 2 nitrogen and oxygen atoms in total. The van der Waals surface area contributed by atoms with E-state index >= 15 is 0 Å². The molecule has 0 aromatic heterocycles. The fourth-order valence-electron chi connectivity index (χ4n) is 3.42. The highest BCUT2D eigenvalue weighted by Crippen LogP contribution is 2.41. The molecule has 1 aliphatic carbocycles. The molecular weight excluding hydrogens is 234 g/mol. The van der Waals surface area contributed by atoms with Gasteiger partial charge < -0.3 is 10.1 Å². The van der Waals surface area contributed by atoms with Crippen molar-refractivity contribution in [1.82, 2.24) is 5.32 Å². The molecular formula is C17H25NO. The van der Waals surface area contributed by atoms with Crippen molar-refractivity contribution >= 4 is 0 Å². The molecule has 0 fully saturated rings. The van der Waals surface area contributed by atoms with Gasteiger partial charge in [0.1, 0.15) is 11.9 Å². The Bertz CT molecular complexity index is 455. The maximum atomic E-state index is 6.17. The van der Waals surface area contributed by atoms with Gasteiger partial charge in [-0.1, -0.05) is 19.9 Å². The second kappa shape index (κ2) is 5.54. The Morgan fingerprint density at radius 1 is 1.16 bits per heavy atom. The molecule has 2 heteroatoms. The first kappa shape index (κ1) is 13.0. The zero-order valence-corrected chi connectivity index (χ0v) is 12.2.